The van der Waals surface area contributed by atoms with Crippen LogP contribution in [0.1, 0.15) is 29.3 Å². The maximum Gasteiger partial charge on any atom is 0.335 e. The molecule has 1 unspecified atom stereocenters. The first-order valence-electron chi connectivity index (χ1n) is 6.46. The molecule has 0 heterocycles. The summed E-state index contributed by atoms with van der Waals surface area (Å²) in [6.45, 7) is 1.64. The maximum absolute atomic E-state index is 11.7. The van der Waals surface area contributed by atoms with Crippen molar-refractivity contribution in [3.05, 3.63) is 35.4 Å². The highest BCUT2D eigenvalue weighted by Gasteiger charge is 2.13. The molecule has 0 radical (unpaired) electrons. The SMILES string of the molecule is CC(CS(C)(=O)=O)NC(=O)CCc1ccc(C(=O)O)cc1. The second-order valence-electron chi connectivity index (χ2n) is 5.06. The first-order chi connectivity index (χ1) is 9.67. The molecule has 0 aromatic heterocycles. The van der Waals surface area contributed by atoms with E-state index < -0.39 is 21.8 Å². The van der Waals surface area contributed by atoms with Crippen molar-refractivity contribution in [2.24, 2.45) is 0 Å². The number of carboxylic acids is 1. The first-order valence-corrected chi connectivity index (χ1v) is 8.53. The number of aryl methyl sites for hydroxylation is 1. The third-order valence-electron chi connectivity index (χ3n) is 2.80. The molecule has 0 fully saturated rings. The Morgan fingerprint density at radius 2 is 1.81 bits per heavy atom. The average Bonchev–Trinajstić information content (AvgIpc) is 2.34. The van der Waals surface area contributed by atoms with Crippen molar-refractivity contribution in [3.8, 4) is 0 Å². The van der Waals surface area contributed by atoms with Crippen LogP contribution in [0.25, 0.3) is 0 Å². The fraction of sp³-hybridized carbons (Fsp3) is 0.429. The summed E-state index contributed by atoms with van der Waals surface area (Å²) in [5.74, 6) is -1.31. The fourth-order valence-electron chi connectivity index (χ4n) is 1.91. The van der Waals surface area contributed by atoms with Crippen LogP contribution in [0.3, 0.4) is 0 Å². The topological polar surface area (TPSA) is 101 Å². The fourth-order valence-corrected chi connectivity index (χ4v) is 2.91. The Bertz CT molecular complexity index is 607. The molecular weight excluding hydrogens is 294 g/mol. The van der Waals surface area contributed by atoms with Crippen molar-refractivity contribution in [1.29, 1.82) is 0 Å². The maximum atomic E-state index is 11.7. The highest BCUT2D eigenvalue weighted by molar-refractivity contribution is 7.90. The van der Waals surface area contributed by atoms with Gasteiger partial charge in [0.15, 0.2) is 0 Å². The number of rotatable bonds is 7. The summed E-state index contributed by atoms with van der Waals surface area (Å²) in [6, 6.07) is 5.87. The van der Waals surface area contributed by atoms with E-state index >= 15 is 0 Å². The highest BCUT2D eigenvalue weighted by atomic mass is 32.2. The molecule has 116 valence electrons. The van der Waals surface area contributed by atoms with Gasteiger partial charge in [0.1, 0.15) is 9.84 Å². The van der Waals surface area contributed by atoms with Crippen molar-refractivity contribution < 1.29 is 23.1 Å². The minimum Gasteiger partial charge on any atom is -0.478 e. The number of hydrogen-bond acceptors (Lipinski definition) is 4. The quantitative estimate of drug-likeness (QED) is 0.778. The molecule has 7 heteroatoms. The second-order valence-corrected chi connectivity index (χ2v) is 7.25. The monoisotopic (exact) mass is 313 g/mol. The Morgan fingerprint density at radius 1 is 1.24 bits per heavy atom. The van der Waals surface area contributed by atoms with E-state index in [1.54, 1.807) is 19.1 Å². The molecule has 0 aliphatic rings. The van der Waals surface area contributed by atoms with Gasteiger partial charge in [0.05, 0.1) is 11.3 Å². The van der Waals surface area contributed by atoms with Crippen molar-refractivity contribution in [3.63, 3.8) is 0 Å². The Kier molecular flexibility index (Phi) is 5.90. The van der Waals surface area contributed by atoms with E-state index in [1.807, 2.05) is 0 Å². The van der Waals surface area contributed by atoms with Gasteiger partial charge < -0.3 is 10.4 Å². The lowest BCUT2D eigenvalue weighted by molar-refractivity contribution is -0.121. The Balaban J connectivity index is 2.44. The predicted molar refractivity (Wildman–Crippen MR) is 79.0 cm³/mol. The van der Waals surface area contributed by atoms with Crippen LogP contribution in [0, 0.1) is 0 Å². The highest BCUT2D eigenvalue weighted by Crippen LogP contribution is 2.07. The van der Waals surface area contributed by atoms with E-state index in [9.17, 15) is 18.0 Å². The normalized spacial score (nSPS) is 12.7. The van der Waals surface area contributed by atoms with E-state index in [0.29, 0.717) is 6.42 Å². The lowest BCUT2D eigenvalue weighted by Crippen LogP contribution is -2.37. The van der Waals surface area contributed by atoms with Gasteiger partial charge >= 0.3 is 5.97 Å². The molecule has 1 atom stereocenters. The van der Waals surface area contributed by atoms with E-state index in [4.69, 9.17) is 5.11 Å². The summed E-state index contributed by atoms with van der Waals surface area (Å²) in [4.78, 5) is 22.4. The third kappa shape index (κ3) is 6.89. The van der Waals surface area contributed by atoms with Crippen LogP contribution in [-0.4, -0.2) is 43.5 Å². The first kappa shape index (κ1) is 17.2. The number of benzene rings is 1. The molecule has 0 aliphatic heterocycles. The van der Waals surface area contributed by atoms with Gasteiger partial charge in [-0.25, -0.2) is 13.2 Å². The Labute approximate surface area is 124 Å². The minimum absolute atomic E-state index is 0.0912. The number of hydrogen-bond donors (Lipinski definition) is 2. The Hall–Kier alpha value is -1.89. The van der Waals surface area contributed by atoms with Crippen LogP contribution in [0.2, 0.25) is 0 Å². The van der Waals surface area contributed by atoms with E-state index in [1.165, 1.54) is 12.1 Å². The summed E-state index contributed by atoms with van der Waals surface area (Å²) in [6.07, 6.45) is 1.82. The second kappa shape index (κ2) is 7.21. The van der Waals surface area contributed by atoms with Crippen molar-refractivity contribution >= 4 is 21.7 Å². The summed E-state index contributed by atoms with van der Waals surface area (Å²) >= 11 is 0. The van der Waals surface area contributed by atoms with E-state index in [2.05, 4.69) is 5.32 Å². The molecule has 6 nitrogen and oxygen atoms in total. The molecule has 0 saturated heterocycles. The molecular formula is C14H19NO5S. The number of aromatic carboxylic acids is 1. The largest absolute Gasteiger partial charge is 0.478 e. The molecule has 1 amide bonds. The molecule has 1 aromatic rings. The lowest BCUT2D eigenvalue weighted by atomic mass is 10.1. The van der Waals surface area contributed by atoms with Crippen LogP contribution < -0.4 is 5.32 Å². The van der Waals surface area contributed by atoms with E-state index in [-0.39, 0.29) is 23.6 Å². The minimum atomic E-state index is -3.12. The van der Waals surface area contributed by atoms with Crippen molar-refractivity contribution in [2.75, 3.05) is 12.0 Å². The van der Waals surface area contributed by atoms with Crippen LogP contribution in [0.5, 0.6) is 0 Å². The molecule has 1 aromatic carbocycles. The zero-order valence-corrected chi connectivity index (χ0v) is 12.8. The summed E-state index contributed by atoms with van der Waals surface area (Å²) in [7, 11) is -3.12. The summed E-state index contributed by atoms with van der Waals surface area (Å²) in [5, 5.41) is 11.4. The zero-order valence-electron chi connectivity index (χ0n) is 12.0. The molecule has 1 rings (SSSR count). The summed E-state index contributed by atoms with van der Waals surface area (Å²) in [5.41, 5.74) is 1.05. The van der Waals surface area contributed by atoms with Gasteiger partial charge in [-0.15, -0.1) is 0 Å². The van der Waals surface area contributed by atoms with Crippen LogP contribution in [0.15, 0.2) is 24.3 Å². The number of carbonyl (C=O) groups is 2. The van der Waals surface area contributed by atoms with Gasteiger partial charge in [0, 0.05) is 18.7 Å². The van der Waals surface area contributed by atoms with Crippen molar-refractivity contribution in [2.45, 2.75) is 25.8 Å². The van der Waals surface area contributed by atoms with Crippen LogP contribution >= 0.6 is 0 Å². The molecule has 0 aliphatic carbocycles. The van der Waals surface area contributed by atoms with Crippen LogP contribution in [0.4, 0.5) is 0 Å². The van der Waals surface area contributed by atoms with Crippen molar-refractivity contribution in [1.82, 2.24) is 5.32 Å². The number of amides is 1. The van der Waals surface area contributed by atoms with Gasteiger partial charge in [-0.3, -0.25) is 4.79 Å². The van der Waals surface area contributed by atoms with Gasteiger partial charge in [-0.2, -0.15) is 0 Å². The molecule has 0 bridgehead atoms. The predicted octanol–water partition coefficient (Wildman–Crippen LogP) is 0.867. The number of nitrogens with one attached hydrogen (secondary N) is 1. The van der Waals surface area contributed by atoms with Gasteiger partial charge in [0.2, 0.25) is 5.91 Å². The number of carboxylic acid groups (broad SMARTS) is 1. The van der Waals surface area contributed by atoms with Crippen LogP contribution in [-0.2, 0) is 21.1 Å². The zero-order chi connectivity index (χ0) is 16.0. The standard InChI is InChI=1S/C14H19NO5S/c1-10(9-21(2,19)20)15-13(16)8-5-11-3-6-12(7-4-11)14(17)18/h3-4,6-7,10H,5,8-9H2,1-2H3,(H,15,16)(H,17,18). The lowest BCUT2D eigenvalue weighted by Gasteiger charge is -2.12. The number of sulfone groups is 1. The Morgan fingerprint density at radius 3 is 2.29 bits per heavy atom. The molecule has 21 heavy (non-hydrogen) atoms. The molecule has 2 N–H and O–H groups in total. The van der Waals surface area contributed by atoms with E-state index in [0.717, 1.165) is 11.8 Å². The molecule has 0 saturated carbocycles. The van der Waals surface area contributed by atoms with Gasteiger partial charge in [-0.1, -0.05) is 12.1 Å². The van der Waals surface area contributed by atoms with Gasteiger partial charge in [-0.05, 0) is 31.0 Å². The molecule has 0 spiro atoms. The third-order valence-corrected chi connectivity index (χ3v) is 3.91. The van der Waals surface area contributed by atoms with Gasteiger partial charge in [0.25, 0.3) is 0 Å². The average molecular weight is 313 g/mol. The summed E-state index contributed by atoms with van der Waals surface area (Å²) < 4.78 is 22.2. The smallest absolute Gasteiger partial charge is 0.335 e. The number of carbonyl (C=O) groups excluding carboxylic acids is 1.